The standard InChI is InChI=1S/C17H14N2O3/c20-15-17(8-9-17)13-10-11(6-7-14(13)19-15)18-16(21)22-12-4-2-1-3-5-12/h1-7,10H,8-9H2,(H,18,21)(H,19,20). The lowest BCUT2D eigenvalue weighted by atomic mass is 9.97. The van der Waals surface area contributed by atoms with Gasteiger partial charge < -0.3 is 10.1 Å². The molecule has 22 heavy (non-hydrogen) atoms. The third-order valence-corrected chi connectivity index (χ3v) is 4.17. The molecule has 0 radical (unpaired) electrons. The van der Waals surface area contributed by atoms with Gasteiger partial charge in [0.2, 0.25) is 5.91 Å². The summed E-state index contributed by atoms with van der Waals surface area (Å²) >= 11 is 0. The van der Waals surface area contributed by atoms with Crippen LogP contribution in [-0.4, -0.2) is 12.0 Å². The molecule has 2 N–H and O–H groups in total. The highest BCUT2D eigenvalue weighted by atomic mass is 16.6. The lowest BCUT2D eigenvalue weighted by Crippen LogP contribution is -2.19. The molecule has 2 aromatic carbocycles. The van der Waals surface area contributed by atoms with Crippen molar-refractivity contribution in [1.82, 2.24) is 0 Å². The van der Waals surface area contributed by atoms with Crippen molar-refractivity contribution in [2.45, 2.75) is 18.3 Å². The van der Waals surface area contributed by atoms with E-state index in [-0.39, 0.29) is 11.3 Å². The number of nitrogens with one attached hydrogen (secondary N) is 2. The predicted octanol–water partition coefficient (Wildman–Crippen LogP) is 3.28. The first-order chi connectivity index (χ1) is 10.7. The van der Waals surface area contributed by atoms with Crippen LogP contribution < -0.4 is 15.4 Å². The number of carbonyl (C=O) groups excluding carboxylic acids is 2. The van der Waals surface area contributed by atoms with Crippen LogP contribution in [0.15, 0.2) is 48.5 Å². The highest BCUT2D eigenvalue weighted by molar-refractivity contribution is 6.08. The normalized spacial score (nSPS) is 16.8. The van der Waals surface area contributed by atoms with Gasteiger partial charge in [-0.05, 0) is 48.7 Å². The monoisotopic (exact) mass is 294 g/mol. The second-order valence-corrected chi connectivity index (χ2v) is 5.62. The second kappa shape index (κ2) is 4.59. The molecule has 4 rings (SSSR count). The first kappa shape index (κ1) is 12.9. The largest absolute Gasteiger partial charge is 0.417 e. The number of rotatable bonds is 2. The third kappa shape index (κ3) is 2.02. The van der Waals surface area contributed by atoms with E-state index in [4.69, 9.17) is 4.74 Å². The summed E-state index contributed by atoms with van der Waals surface area (Å²) in [6.07, 6.45) is 1.18. The van der Waals surface area contributed by atoms with Gasteiger partial charge in [-0.2, -0.15) is 0 Å². The molecule has 1 aliphatic heterocycles. The minimum absolute atomic E-state index is 0.0616. The lowest BCUT2D eigenvalue weighted by Gasteiger charge is -2.09. The molecule has 1 spiro atoms. The molecule has 0 unspecified atom stereocenters. The van der Waals surface area contributed by atoms with Crippen molar-refractivity contribution in [3.05, 3.63) is 54.1 Å². The van der Waals surface area contributed by atoms with Gasteiger partial charge in [-0.15, -0.1) is 0 Å². The number of carbonyl (C=O) groups is 2. The molecular weight excluding hydrogens is 280 g/mol. The van der Waals surface area contributed by atoms with Crippen LogP contribution in [0.3, 0.4) is 0 Å². The van der Waals surface area contributed by atoms with E-state index in [0.29, 0.717) is 11.4 Å². The summed E-state index contributed by atoms with van der Waals surface area (Å²) in [6.45, 7) is 0. The fourth-order valence-electron chi connectivity index (χ4n) is 2.85. The molecule has 5 heteroatoms. The molecule has 1 heterocycles. The van der Waals surface area contributed by atoms with Crippen LogP contribution in [0.4, 0.5) is 16.2 Å². The fraction of sp³-hybridized carbons (Fsp3) is 0.176. The Morgan fingerprint density at radius 2 is 1.91 bits per heavy atom. The van der Waals surface area contributed by atoms with Gasteiger partial charge in [-0.25, -0.2) is 4.79 Å². The number of fused-ring (bicyclic) bond motifs is 2. The molecule has 2 aromatic rings. The second-order valence-electron chi connectivity index (χ2n) is 5.62. The molecule has 110 valence electrons. The molecule has 1 aliphatic carbocycles. The highest BCUT2D eigenvalue weighted by Crippen LogP contribution is 2.55. The first-order valence-electron chi connectivity index (χ1n) is 7.17. The van der Waals surface area contributed by atoms with Gasteiger partial charge in [-0.3, -0.25) is 10.1 Å². The van der Waals surface area contributed by atoms with Crippen LogP contribution in [0.5, 0.6) is 5.75 Å². The van der Waals surface area contributed by atoms with Gasteiger partial charge in [-0.1, -0.05) is 18.2 Å². The average Bonchev–Trinajstić information content (AvgIpc) is 3.26. The zero-order valence-corrected chi connectivity index (χ0v) is 11.8. The summed E-state index contributed by atoms with van der Waals surface area (Å²) in [5.41, 5.74) is 2.07. The zero-order chi connectivity index (χ0) is 15.2. The van der Waals surface area contributed by atoms with Gasteiger partial charge in [0.05, 0.1) is 5.41 Å². The zero-order valence-electron chi connectivity index (χ0n) is 11.8. The Hall–Kier alpha value is -2.82. The van der Waals surface area contributed by atoms with Crippen molar-refractivity contribution in [3.63, 3.8) is 0 Å². The number of para-hydroxylation sites is 1. The van der Waals surface area contributed by atoms with Crippen LogP contribution in [0.25, 0.3) is 0 Å². The van der Waals surface area contributed by atoms with Gasteiger partial charge in [0, 0.05) is 11.4 Å². The predicted molar refractivity (Wildman–Crippen MR) is 82.1 cm³/mol. The Kier molecular flexibility index (Phi) is 2.69. The van der Waals surface area contributed by atoms with E-state index in [9.17, 15) is 9.59 Å². The Balaban J connectivity index is 1.52. The topological polar surface area (TPSA) is 67.4 Å². The highest BCUT2D eigenvalue weighted by Gasteiger charge is 2.56. The van der Waals surface area contributed by atoms with Crippen molar-refractivity contribution in [2.24, 2.45) is 0 Å². The van der Waals surface area contributed by atoms with Gasteiger partial charge >= 0.3 is 6.09 Å². The number of benzene rings is 2. The maximum atomic E-state index is 12.0. The van der Waals surface area contributed by atoms with E-state index in [1.54, 1.807) is 30.3 Å². The Morgan fingerprint density at radius 3 is 2.64 bits per heavy atom. The maximum Gasteiger partial charge on any atom is 0.417 e. The summed E-state index contributed by atoms with van der Waals surface area (Å²) < 4.78 is 5.19. The van der Waals surface area contributed by atoms with E-state index in [2.05, 4.69) is 10.6 Å². The Morgan fingerprint density at radius 1 is 1.14 bits per heavy atom. The fourth-order valence-corrected chi connectivity index (χ4v) is 2.85. The first-order valence-corrected chi connectivity index (χ1v) is 7.17. The van der Waals surface area contributed by atoms with Crippen LogP contribution in [-0.2, 0) is 10.2 Å². The van der Waals surface area contributed by atoms with Gasteiger partial charge in [0.25, 0.3) is 0 Å². The molecule has 1 saturated carbocycles. The summed E-state index contributed by atoms with van der Waals surface area (Å²) in [5.74, 6) is 0.545. The molecule has 1 fully saturated rings. The van der Waals surface area contributed by atoms with Crippen LogP contribution >= 0.6 is 0 Å². The minimum Gasteiger partial charge on any atom is -0.410 e. The quantitative estimate of drug-likeness (QED) is 0.893. The van der Waals surface area contributed by atoms with Crippen molar-refractivity contribution in [2.75, 3.05) is 10.6 Å². The summed E-state index contributed by atoms with van der Waals surface area (Å²) in [4.78, 5) is 23.9. The molecule has 5 nitrogen and oxygen atoms in total. The molecule has 0 bridgehead atoms. The molecular formula is C17H14N2O3. The Bertz CT molecular complexity index is 767. The molecule has 0 aromatic heterocycles. The van der Waals surface area contributed by atoms with Gasteiger partial charge in [0.15, 0.2) is 0 Å². The number of amides is 2. The van der Waals surface area contributed by atoms with Crippen molar-refractivity contribution >= 4 is 23.4 Å². The van der Waals surface area contributed by atoms with Crippen molar-refractivity contribution < 1.29 is 14.3 Å². The molecule has 0 atom stereocenters. The summed E-state index contributed by atoms with van der Waals surface area (Å²) in [6, 6.07) is 14.3. The van der Waals surface area contributed by atoms with Crippen molar-refractivity contribution in [1.29, 1.82) is 0 Å². The van der Waals surface area contributed by atoms with E-state index in [0.717, 1.165) is 24.1 Å². The average molecular weight is 294 g/mol. The third-order valence-electron chi connectivity index (χ3n) is 4.17. The SMILES string of the molecule is O=C(Nc1ccc2c(c1)C1(CC1)C(=O)N2)Oc1ccccc1. The number of ether oxygens (including phenoxy) is 1. The van der Waals surface area contributed by atoms with Crippen molar-refractivity contribution in [3.8, 4) is 5.75 Å². The maximum absolute atomic E-state index is 12.0. The minimum atomic E-state index is -0.548. The summed E-state index contributed by atoms with van der Waals surface area (Å²) in [7, 11) is 0. The van der Waals surface area contributed by atoms with Crippen LogP contribution in [0.2, 0.25) is 0 Å². The van der Waals surface area contributed by atoms with Gasteiger partial charge in [0.1, 0.15) is 5.75 Å². The Labute approximate surface area is 127 Å². The number of hydrogen-bond donors (Lipinski definition) is 2. The molecule has 0 saturated heterocycles. The van der Waals surface area contributed by atoms with E-state index < -0.39 is 6.09 Å². The smallest absolute Gasteiger partial charge is 0.410 e. The lowest BCUT2D eigenvalue weighted by molar-refractivity contribution is -0.117. The van der Waals surface area contributed by atoms with E-state index >= 15 is 0 Å². The molecule has 2 aliphatic rings. The van der Waals surface area contributed by atoms with Crippen LogP contribution in [0, 0.1) is 0 Å². The number of anilines is 2. The number of hydrogen-bond acceptors (Lipinski definition) is 3. The summed E-state index contributed by atoms with van der Waals surface area (Å²) in [5, 5.41) is 5.59. The molecule has 2 amide bonds. The van der Waals surface area contributed by atoms with E-state index in [1.165, 1.54) is 0 Å². The van der Waals surface area contributed by atoms with Crippen LogP contribution in [0.1, 0.15) is 18.4 Å². The van der Waals surface area contributed by atoms with E-state index in [1.807, 2.05) is 18.2 Å².